The molecule has 0 aromatic heterocycles. The first-order valence-electron chi connectivity index (χ1n) is 7.99. The maximum absolute atomic E-state index is 11.5. The van der Waals surface area contributed by atoms with Gasteiger partial charge in [0, 0.05) is 22.3 Å². The number of carbonyl (C=O) groups excluding carboxylic acids is 1. The van der Waals surface area contributed by atoms with Gasteiger partial charge in [0.15, 0.2) is 0 Å². The largest absolute Gasteiger partial charge is 0.478 e. The van der Waals surface area contributed by atoms with Crippen molar-refractivity contribution in [2.24, 2.45) is 0 Å². The van der Waals surface area contributed by atoms with Gasteiger partial charge in [0.25, 0.3) is 0 Å². The highest BCUT2D eigenvalue weighted by Crippen LogP contribution is 2.22. The standard InChI is InChI=1S/C21H16BrNO3/c22-18-7-8-20(19(12-18)21(25)26)23-10-9-17(13-24)16-6-5-14-3-1-2-4-15(14)11-16/h1-9,11-13,23H,10H2,(H,25,26)/b17-9-. The Morgan fingerprint density at radius 3 is 2.54 bits per heavy atom. The first kappa shape index (κ1) is 17.9. The molecule has 0 bridgehead atoms. The minimum atomic E-state index is -1.01. The summed E-state index contributed by atoms with van der Waals surface area (Å²) in [6.45, 7) is 0.336. The summed E-state index contributed by atoms with van der Waals surface area (Å²) in [5.74, 6) is -1.01. The predicted octanol–water partition coefficient (Wildman–Crippen LogP) is 4.99. The molecule has 3 aromatic rings. The fraction of sp³-hybridized carbons (Fsp3) is 0.0476. The molecule has 0 amide bonds. The molecule has 130 valence electrons. The van der Waals surface area contributed by atoms with Gasteiger partial charge in [0.1, 0.15) is 6.29 Å². The molecule has 0 saturated heterocycles. The highest BCUT2D eigenvalue weighted by molar-refractivity contribution is 9.10. The molecule has 0 spiro atoms. The number of fused-ring (bicyclic) bond motifs is 1. The van der Waals surface area contributed by atoms with E-state index in [1.807, 2.05) is 42.5 Å². The number of halogens is 1. The third kappa shape index (κ3) is 4.00. The van der Waals surface area contributed by atoms with Crippen LogP contribution in [0.3, 0.4) is 0 Å². The Balaban J connectivity index is 1.82. The zero-order chi connectivity index (χ0) is 18.5. The van der Waals surface area contributed by atoms with Crippen molar-refractivity contribution in [2.45, 2.75) is 0 Å². The number of carbonyl (C=O) groups is 2. The number of aromatic carboxylic acids is 1. The third-order valence-corrected chi connectivity index (χ3v) is 4.53. The van der Waals surface area contributed by atoms with Crippen molar-refractivity contribution in [3.8, 4) is 0 Å². The van der Waals surface area contributed by atoms with Gasteiger partial charge >= 0.3 is 5.97 Å². The number of carboxylic acid groups (broad SMARTS) is 1. The van der Waals surface area contributed by atoms with Crippen molar-refractivity contribution < 1.29 is 14.7 Å². The van der Waals surface area contributed by atoms with Gasteiger partial charge in [-0.15, -0.1) is 0 Å². The zero-order valence-corrected chi connectivity index (χ0v) is 15.4. The van der Waals surface area contributed by atoms with Gasteiger partial charge in [-0.3, -0.25) is 4.79 Å². The number of aldehydes is 1. The Hall–Kier alpha value is -2.92. The van der Waals surface area contributed by atoms with Crippen molar-refractivity contribution in [3.05, 3.63) is 82.3 Å². The van der Waals surface area contributed by atoms with E-state index in [-0.39, 0.29) is 5.56 Å². The van der Waals surface area contributed by atoms with Crippen LogP contribution in [0.2, 0.25) is 0 Å². The molecular weight excluding hydrogens is 394 g/mol. The summed E-state index contributed by atoms with van der Waals surface area (Å²) in [4.78, 5) is 22.8. The summed E-state index contributed by atoms with van der Waals surface area (Å²) < 4.78 is 0.695. The minimum Gasteiger partial charge on any atom is -0.478 e. The predicted molar refractivity (Wildman–Crippen MR) is 108 cm³/mol. The van der Waals surface area contributed by atoms with Crippen LogP contribution >= 0.6 is 15.9 Å². The van der Waals surface area contributed by atoms with Crippen LogP contribution in [0.25, 0.3) is 16.3 Å². The fourth-order valence-electron chi connectivity index (χ4n) is 2.72. The van der Waals surface area contributed by atoms with Crippen molar-refractivity contribution in [2.75, 3.05) is 11.9 Å². The maximum atomic E-state index is 11.5. The van der Waals surface area contributed by atoms with Gasteiger partial charge in [-0.2, -0.15) is 0 Å². The lowest BCUT2D eigenvalue weighted by molar-refractivity contribution is -0.103. The van der Waals surface area contributed by atoms with Crippen molar-refractivity contribution >= 4 is 50.2 Å². The van der Waals surface area contributed by atoms with E-state index in [0.29, 0.717) is 22.3 Å². The van der Waals surface area contributed by atoms with E-state index in [1.54, 1.807) is 24.3 Å². The number of carboxylic acids is 1. The second-order valence-corrected chi connectivity index (χ2v) is 6.63. The molecule has 0 fully saturated rings. The van der Waals surface area contributed by atoms with E-state index < -0.39 is 5.97 Å². The van der Waals surface area contributed by atoms with Gasteiger partial charge in [-0.05, 0) is 40.6 Å². The van der Waals surface area contributed by atoms with Gasteiger partial charge in [-0.25, -0.2) is 4.79 Å². The molecule has 0 heterocycles. The number of hydrogen-bond acceptors (Lipinski definition) is 3. The zero-order valence-electron chi connectivity index (χ0n) is 13.8. The smallest absolute Gasteiger partial charge is 0.337 e. The Morgan fingerprint density at radius 1 is 1.04 bits per heavy atom. The summed E-state index contributed by atoms with van der Waals surface area (Å²) in [7, 11) is 0. The number of nitrogens with one attached hydrogen (secondary N) is 1. The van der Waals surface area contributed by atoms with Crippen LogP contribution in [0.1, 0.15) is 15.9 Å². The lowest BCUT2D eigenvalue weighted by atomic mass is 10.0. The van der Waals surface area contributed by atoms with Crippen LogP contribution < -0.4 is 5.32 Å². The molecule has 0 aliphatic rings. The van der Waals surface area contributed by atoms with E-state index >= 15 is 0 Å². The SMILES string of the molecule is O=C/C(=C/CNc1ccc(Br)cc1C(=O)O)c1ccc2ccccc2c1. The minimum absolute atomic E-state index is 0.172. The molecular formula is C21H16BrNO3. The number of anilines is 1. The molecule has 0 aliphatic heterocycles. The quantitative estimate of drug-likeness (QED) is 0.444. The fourth-order valence-corrected chi connectivity index (χ4v) is 3.08. The number of allylic oxidation sites excluding steroid dienone is 1. The van der Waals surface area contributed by atoms with Gasteiger partial charge in [-0.1, -0.05) is 58.4 Å². The molecule has 3 aromatic carbocycles. The van der Waals surface area contributed by atoms with Crippen LogP contribution in [0, 0.1) is 0 Å². The van der Waals surface area contributed by atoms with Crippen LogP contribution in [0.5, 0.6) is 0 Å². The highest BCUT2D eigenvalue weighted by Gasteiger charge is 2.10. The molecule has 0 saturated carbocycles. The van der Waals surface area contributed by atoms with E-state index in [0.717, 1.165) is 22.6 Å². The average molecular weight is 410 g/mol. The molecule has 5 heteroatoms. The molecule has 3 rings (SSSR count). The van der Waals surface area contributed by atoms with Gasteiger partial charge in [0.05, 0.1) is 5.56 Å². The average Bonchev–Trinajstić information content (AvgIpc) is 2.65. The molecule has 0 aliphatic carbocycles. The number of hydrogen-bond donors (Lipinski definition) is 2. The normalized spacial score (nSPS) is 11.3. The highest BCUT2D eigenvalue weighted by atomic mass is 79.9. The maximum Gasteiger partial charge on any atom is 0.337 e. The second kappa shape index (κ2) is 7.97. The summed E-state index contributed by atoms with van der Waals surface area (Å²) in [6.07, 6.45) is 2.57. The lowest BCUT2D eigenvalue weighted by Gasteiger charge is -2.09. The van der Waals surface area contributed by atoms with Crippen LogP contribution in [-0.4, -0.2) is 23.9 Å². The van der Waals surface area contributed by atoms with Crippen LogP contribution in [-0.2, 0) is 4.79 Å². The summed E-state index contributed by atoms with van der Waals surface area (Å²) in [5.41, 5.74) is 2.05. The molecule has 2 N–H and O–H groups in total. The summed E-state index contributed by atoms with van der Waals surface area (Å²) in [5, 5.41) is 14.5. The number of rotatable bonds is 6. The van der Waals surface area contributed by atoms with Gasteiger partial charge in [0.2, 0.25) is 0 Å². The monoisotopic (exact) mass is 409 g/mol. The van der Waals surface area contributed by atoms with Crippen molar-refractivity contribution in [3.63, 3.8) is 0 Å². The first-order valence-corrected chi connectivity index (χ1v) is 8.79. The van der Waals surface area contributed by atoms with Crippen molar-refractivity contribution in [1.82, 2.24) is 0 Å². The van der Waals surface area contributed by atoms with E-state index in [9.17, 15) is 14.7 Å². The van der Waals surface area contributed by atoms with Crippen LogP contribution in [0.4, 0.5) is 5.69 Å². The first-order chi connectivity index (χ1) is 12.6. The lowest BCUT2D eigenvalue weighted by Crippen LogP contribution is -2.07. The molecule has 0 atom stereocenters. The van der Waals surface area contributed by atoms with E-state index in [4.69, 9.17) is 0 Å². The summed E-state index contributed by atoms with van der Waals surface area (Å²) in [6, 6.07) is 18.8. The Labute approximate surface area is 159 Å². The second-order valence-electron chi connectivity index (χ2n) is 5.72. The Kier molecular flexibility index (Phi) is 5.49. The molecule has 0 unspecified atom stereocenters. The molecule has 26 heavy (non-hydrogen) atoms. The third-order valence-electron chi connectivity index (χ3n) is 4.04. The topological polar surface area (TPSA) is 66.4 Å². The van der Waals surface area contributed by atoms with E-state index in [2.05, 4.69) is 21.2 Å². The van der Waals surface area contributed by atoms with Gasteiger partial charge < -0.3 is 10.4 Å². The van der Waals surface area contributed by atoms with Crippen molar-refractivity contribution in [1.29, 1.82) is 0 Å². The summed E-state index contributed by atoms with van der Waals surface area (Å²) >= 11 is 3.27. The van der Waals surface area contributed by atoms with E-state index in [1.165, 1.54) is 0 Å². The Bertz CT molecular complexity index is 1010. The molecule has 0 radical (unpaired) electrons. The van der Waals surface area contributed by atoms with Crippen LogP contribution in [0.15, 0.2) is 71.2 Å². The molecule has 4 nitrogen and oxygen atoms in total. The Morgan fingerprint density at radius 2 is 1.81 bits per heavy atom. The number of benzene rings is 3.